The Hall–Kier alpha value is -1.33. The van der Waals surface area contributed by atoms with Crippen molar-refractivity contribution in [3.05, 3.63) is 36.3 Å². The van der Waals surface area contributed by atoms with Crippen LogP contribution >= 0.6 is 11.8 Å². The number of nitrogens with one attached hydrogen (secondary N) is 1. The summed E-state index contributed by atoms with van der Waals surface area (Å²) in [7, 11) is 0. The molecule has 0 saturated heterocycles. The Labute approximate surface area is 98.7 Å². The second kappa shape index (κ2) is 5.67. The Bertz CT molecular complexity index is 427. The normalized spacial score (nSPS) is 10.6. The standard InChI is InChI=1S/C11H14N4S/c12-4-6-16-8-9-7-14-11(15-9)10-3-1-2-5-13-10/h1-3,5,7H,4,6,8,12H2,(H,14,15). The van der Waals surface area contributed by atoms with Crippen molar-refractivity contribution in [1.29, 1.82) is 0 Å². The molecule has 0 amide bonds. The van der Waals surface area contributed by atoms with Crippen LogP contribution in [0.3, 0.4) is 0 Å². The summed E-state index contributed by atoms with van der Waals surface area (Å²) in [4.78, 5) is 11.8. The Morgan fingerprint density at radius 1 is 1.31 bits per heavy atom. The number of hydrogen-bond acceptors (Lipinski definition) is 4. The largest absolute Gasteiger partial charge is 0.340 e. The maximum atomic E-state index is 5.43. The first kappa shape index (κ1) is 11.2. The van der Waals surface area contributed by atoms with Crippen molar-refractivity contribution < 1.29 is 0 Å². The number of pyridine rings is 1. The number of nitrogens with zero attached hydrogens (tertiary/aromatic N) is 2. The van der Waals surface area contributed by atoms with Gasteiger partial charge < -0.3 is 10.7 Å². The van der Waals surface area contributed by atoms with E-state index in [-0.39, 0.29) is 0 Å². The Balaban J connectivity index is 2.02. The fraction of sp³-hybridized carbons (Fsp3) is 0.273. The lowest BCUT2D eigenvalue weighted by atomic mass is 10.3. The minimum absolute atomic E-state index is 0.714. The number of rotatable bonds is 5. The van der Waals surface area contributed by atoms with Gasteiger partial charge in [-0.2, -0.15) is 11.8 Å². The van der Waals surface area contributed by atoms with Gasteiger partial charge in [0.25, 0.3) is 0 Å². The molecule has 2 rings (SSSR count). The van der Waals surface area contributed by atoms with E-state index in [4.69, 9.17) is 5.73 Å². The Morgan fingerprint density at radius 3 is 3.00 bits per heavy atom. The zero-order valence-electron chi connectivity index (χ0n) is 8.89. The number of aromatic amines is 1. The number of aromatic nitrogens is 3. The highest BCUT2D eigenvalue weighted by molar-refractivity contribution is 7.98. The van der Waals surface area contributed by atoms with Crippen molar-refractivity contribution in [3.63, 3.8) is 0 Å². The van der Waals surface area contributed by atoms with Crippen LogP contribution < -0.4 is 5.73 Å². The average molecular weight is 234 g/mol. The number of nitrogens with two attached hydrogens (primary N) is 1. The van der Waals surface area contributed by atoms with E-state index in [2.05, 4.69) is 15.0 Å². The van der Waals surface area contributed by atoms with Gasteiger partial charge in [-0.15, -0.1) is 0 Å². The van der Waals surface area contributed by atoms with Crippen LogP contribution in [-0.4, -0.2) is 27.2 Å². The van der Waals surface area contributed by atoms with Crippen LogP contribution in [-0.2, 0) is 5.75 Å². The van der Waals surface area contributed by atoms with Gasteiger partial charge in [0.2, 0.25) is 0 Å². The first-order valence-corrected chi connectivity index (χ1v) is 6.28. The topological polar surface area (TPSA) is 67.6 Å². The number of H-pyrrole nitrogens is 1. The average Bonchev–Trinajstić information content (AvgIpc) is 2.79. The van der Waals surface area contributed by atoms with Crippen LogP contribution in [0.15, 0.2) is 30.6 Å². The van der Waals surface area contributed by atoms with E-state index in [9.17, 15) is 0 Å². The monoisotopic (exact) mass is 234 g/mol. The Morgan fingerprint density at radius 2 is 2.25 bits per heavy atom. The molecular weight excluding hydrogens is 220 g/mol. The molecule has 0 aliphatic rings. The third kappa shape index (κ3) is 2.84. The van der Waals surface area contributed by atoms with Crippen molar-refractivity contribution in [2.75, 3.05) is 12.3 Å². The summed E-state index contributed by atoms with van der Waals surface area (Å²) in [6.07, 6.45) is 3.62. The summed E-state index contributed by atoms with van der Waals surface area (Å²) in [5.41, 5.74) is 7.42. The van der Waals surface area contributed by atoms with E-state index in [0.29, 0.717) is 6.54 Å². The molecule has 3 N–H and O–H groups in total. The smallest absolute Gasteiger partial charge is 0.156 e. The van der Waals surface area contributed by atoms with E-state index >= 15 is 0 Å². The molecule has 84 valence electrons. The second-order valence-corrected chi connectivity index (χ2v) is 4.42. The highest BCUT2D eigenvalue weighted by Gasteiger charge is 2.03. The summed E-state index contributed by atoms with van der Waals surface area (Å²) in [5.74, 6) is 2.71. The number of hydrogen-bond donors (Lipinski definition) is 2. The molecule has 2 heterocycles. The van der Waals surface area contributed by atoms with Crippen LogP contribution in [0.25, 0.3) is 11.5 Å². The summed E-state index contributed by atoms with van der Waals surface area (Å²) in [5, 5.41) is 0. The minimum Gasteiger partial charge on any atom is -0.340 e. The van der Waals surface area contributed by atoms with Gasteiger partial charge in [-0.25, -0.2) is 4.98 Å². The van der Waals surface area contributed by atoms with Crippen molar-refractivity contribution >= 4 is 11.8 Å². The van der Waals surface area contributed by atoms with Gasteiger partial charge in [-0.1, -0.05) is 6.07 Å². The molecule has 0 aliphatic carbocycles. The third-order valence-electron chi connectivity index (χ3n) is 2.06. The molecule has 0 bridgehead atoms. The quantitative estimate of drug-likeness (QED) is 0.772. The van der Waals surface area contributed by atoms with Gasteiger partial charge in [-0.05, 0) is 12.1 Å². The van der Waals surface area contributed by atoms with Crippen molar-refractivity contribution in [3.8, 4) is 11.5 Å². The summed E-state index contributed by atoms with van der Waals surface area (Å²) >= 11 is 1.80. The predicted molar refractivity (Wildman–Crippen MR) is 67.0 cm³/mol. The maximum absolute atomic E-state index is 5.43. The molecule has 2 aromatic rings. The molecule has 0 spiro atoms. The van der Waals surface area contributed by atoms with Gasteiger partial charge in [0.05, 0.1) is 0 Å². The molecule has 0 atom stereocenters. The number of imidazole rings is 1. The van der Waals surface area contributed by atoms with Crippen molar-refractivity contribution in [2.45, 2.75) is 5.75 Å². The van der Waals surface area contributed by atoms with Gasteiger partial charge in [0.1, 0.15) is 5.69 Å². The SMILES string of the molecule is NCCSCc1cnc(-c2ccccn2)[nH]1. The second-order valence-electron chi connectivity index (χ2n) is 3.31. The van der Waals surface area contributed by atoms with Crippen molar-refractivity contribution in [1.82, 2.24) is 15.0 Å². The van der Waals surface area contributed by atoms with E-state index in [1.54, 1.807) is 18.0 Å². The van der Waals surface area contributed by atoms with Gasteiger partial charge in [0, 0.05) is 36.1 Å². The summed E-state index contributed by atoms with van der Waals surface area (Å²) < 4.78 is 0. The molecule has 16 heavy (non-hydrogen) atoms. The van der Waals surface area contributed by atoms with Gasteiger partial charge >= 0.3 is 0 Å². The zero-order chi connectivity index (χ0) is 11.2. The van der Waals surface area contributed by atoms with Crippen LogP contribution in [0.4, 0.5) is 0 Å². The van der Waals surface area contributed by atoms with E-state index in [1.807, 2.05) is 24.4 Å². The van der Waals surface area contributed by atoms with E-state index < -0.39 is 0 Å². The Kier molecular flexibility index (Phi) is 3.96. The first-order valence-electron chi connectivity index (χ1n) is 5.13. The summed E-state index contributed by atoms with van der Waals surface area (Å²) in [6.45, 7) is 0.714. The highest BCUT2D eigenvalue weighted by Crippen LogP contribution is 2.15. The van der Waals surface area contributed by atoms with Crippen molar-refractivity contribution in [2.24, 2.45) is 5.73 Å². The molecule has 0 aromatic carbocycles. The predicted octanol–water partition coefficient (Wildman–Crippen LogP) is 1.66. The highest BCUT2D eigenvalue weighted by atomic mass is 32.2. The van der Waals surface area contributed by atoms with Crippen LogP contribution in [0.2, 0.25) is 0 Å². The molecule has 0 radical (unpaired) electrons. The molecule has 2 aromatic heterocycles. The van der Waals surface area contributed by atoms with Crippen LogP contribution in [0, 0.1) is 0 Å². The lowest BCUT2D eigenvalue weighted by molar-refractivity contribution is 1.14. The first-order chi connectivity index (χ1) is 7.90. The lowest BCUT2D eigenvalue weighted by Crippen LogP contribution is -2.01. The lowest BCUT2D eigenvalue weighted by Gasteiger charge is -1.96. The number of thioether (sulfide) groups is 1. The molecule has 0 aliphatic heterocycles. The fourth-order valence-electron chi connectivity index (χ4n) is 1.33. The molecule has 0 fully saturated rings. The van der Waals surface area contributed by atoms with Gasteiger partial charge in [-0.3, -0.25) is 4.98 Å². The maximum Gasteiger partial charge on any atom is 0.156 e. The van der Waals surface area contributed by atoms with Crippen LogP contribution in [0.5, 0.6) is 0 Å². The third-order valence-corrected chi connectivity index (χ3v) is 3.10. The molecule has 5 heteroatoms. The minimum atomic E-state index is 0.714. The molecule has 0 unspecified atom stereocenters. The molecule has 0 saturated carbocycles. The summed E-state index contributed by atoms with van der Waals surface area (Å²) in [6, 6.07) is 5.79. The molecular formula is C11H14N4S. The zero-order valence-corrected chi connectivity index (χ0v) is 9.70. The van der Waals surface area contributed by atoms with E-state index in [1.165, 1.54) is 0 Å². The van der Waals surface area contributed by atoms with Crippen LogP contribution in [0.1, 0.15) is 5.69 Å². The molecule has 4 nitrogen and oxygen atoms in total. The fourth-order valence-corrected chi connectivity index (χ4v) is 2.01. The van der Waals surface area contributed by atoms with Gasteiger partial charge in [0.15, 0.2) is 5.82 Å². The van der Waals surface area contributed by atoms with E-state index in [0.717, 1.165) is 28.7 Å².